The van der Waals surface area contributed by atoms with E-state index in [1.165, 1.54) is 0 Å². The van der Waals surface area contributed by atoms with E-state index in [0.717, 1.165) is 43.5 Å². The van der Waals surface area contributed by atoms with Gasteiger partial charge in [-0.05, 0) is 25.3 Å². The molecule has 1 aliphatic carbocycles. The second kappa shape index (κ2) is 8.02. The molecule has 0 bridgehead atoms. The van der Waals surface area contributed by atoms with Crippen molar-refractivity contribution >= 4 is 11.6 Å². The van der Waals surface area contributed by atoms with E-state index in [4.69, 9.17) is 21.1 Å². The number of benzene rings is 1. The van der Waals surface area contributed by atoms with Crippen molar-refractivity contribution in [3.8, 4) is 5.75 Å². The molecule has 0 aliphatic heterocycles. The van der Waals surface area contributed by atoms with Crippen LogP contribution in [0.3, 0.4) is 0 Å². The number of methoxy groups -OCH3 is 1. The molecule has 0 spiro atoms. The Balaban J connectivity index is 2.07. The molecule has 0 heterocycles. The summed E-state index contributed by atoms with van der Waals surface area (Å²) in [5.41, 5.74) is 1.12. The predicted molar refractivity (Wildman–Crippen MR) is 87.1 cm³/mol. The lowest BCUT2D eigenvalue weighted by atomic mass is 9.95. The highest BCUT2D eigenvalue weighted by atomic mass is 35.5. The third kappa shape index (κ3) is 4.87. The summed E-state index contributed by atoms with van der Waals surface area (Å²) in [6.07, 6.45) is 4.79. The van der Waals surface area contributed by atoms with Crippen molar-refractivity contribution < 1.29 is 9.47 Å². The van der Waals surface area contributed by atoms with E-state index in [0.29, 0.717) is 17.2 Å². The average Bonchev–Trinajstić information content (AvgIpc) is 2.48. The zero-order chi connectivity index (χ0) is 15.2. The van der Waals surface area contributed by atoms with E-state index in [-0.39, 0.29) is 6.10 Å². The van der Waals surface area contributed by atoms with Crippen LogP contribution >= 0.6 is 11.6 Å². The molecular formula is C17H26ClNO2. The lowest BCUT2D eigenvalue weighted by Gasteiger charge is -2.29. The number of nitrogens with one attached hydrogen (secondary N) is 1. The Morgan fingerprint density at radius 3 is 2.76 bits per heavy atom. The normalized spacial score (nSPS) is 22.5. The molecule has 21 heavy (non-hydrogen) atoms. The van der Waals surface area contributed by atoms with Crippen LogP contribution in [0, 0.1) is 0 Å². The summed E-state index contributed by atoms with van der Waals surface area (Å²) in [5.74, 6) is 0.828. The zero-order valence-corrected chi connectivity index (χ0v) is 14.0. The van der Waals surface area contributed by atoms with Gasteiger partial charge in [0.2, 0.25) is 0 Å². The predicted octanol–water partition coefficient (Wildman–Crippen LogP) is 4.17. The van der Waals surface area contributed by atoms with E-state index < -0.39 is 0 Å². The molecule has 1 aromatic rings. The highest BCUT2D eigenvalue weighted by Gasteiger charge is 2.24. The molecule has 3 nitrogen and oxygen atoms in total. The van der Waals surface area contributed by atoms with E-state index in [9.17, 15) is 0 Å². The van der Waals surface area contributed by atoms with E-state index in [1.807, 2.05) is 12.1 Å². The van der Waals surface area contributed by atoms with Crippen molar-refractivity contribution in [2.24, 2.45) is 0 Å². The van der Waals surface area contributed by atoms with Gasteiger partial charge in [0.05, 0.1) is 11.1 Å². The zero-order valence-electron chi connectivity index (χ0n) is 13.2. The van der Waals surface area contributed by atoms with Crippen LogP contribution in [0.1, 0.15) is 45.1 Å². The lowest BCUT2D eigenvalue weighted by Crippen LogP contribution is -2.30. The van der Waals surface area contributed by atoms with Gasteiger partial charge in [-0.25, -0.2) is 0 Å². The van der Waals surface area contributed by atoms with Crippen molar-refractivity contribution in [2.45, 2.75) is 64.3 Å². The van der Waals surface area contributed by atoms with Crippen molar-refractivity contribution in [2.75, 3.05) is 7.11 Å². The van der Waals surface area contributed by atoms with Crippen LogP contribution < -0.4 is 10.1 Å². The van der Waals surface area contributed by atoms with Crippen LogP contribution in [-0.2, 0) is 11.3 Å². The molecule has 4 heteroatoms. The molecule has 2 unspecified atom stereocenters. The Morgan fingerprint density at radius 1 is 1.29 bits per heavy atom. The summed E-state index contributed by atoms with van der Waals surface area (Å²) < 4.78 is 11.7. The molecule has 1 saturated carbocycles. The quantitative estimate of drug-likeness (QED) is 0.855. The standard InChI is InChI=1S/C17H26ClNO2/c1-12(2)19-11-13-6-4-9-16(18)17(13)21-15-8-5-7-14(10-15)20-3/h4,6,9,12,14-15,19H,5,7-8,10-11H2,1-3H3. The third-order valence-electron chi connectivity index (χ3n) is 3.95. The van der Waals surface area contributed by atoms with Gasteiger partial charge in [-0.2, -0.15) is 0 Å². The van der Waals surface area contributed by atoms with Crippen LogP contribution in [0.4, 0.5) is 0 Å². The van der Waals surface area contributed by atoms with Gasteiger partial charge < -0.3 is 14.8 Å². The molecule has 0 saturated heterocycles. The maximum absolute atomic E-state index is 6.35. The fourth-order valence-electron chi connectivity index (χ4n) is 2.73. The Hall–Kier alpha value is -0.770. The van der Waals surface area contributed by atoms with Gasteiger partial charge in [0, 0.05) is 31.7 Å². The van der Waals surface area contributed by atoms with Crippen LogP contribution in [-0.4, -0.2) is 25.4 Å². The first-order chi connectivity index (χ1) is 10.1. The molecule has 1 aliphatic rings. The first-order valence-corrected chi connectivity index (χ1v) is 8.18. The van der Waals surface area contributed by atoms with Crippen molar-refractivity contribution in [1.82, 2.24) is 5.32 Å². The van der Waals surface area contributed by atoms with Gasteiger partial charge in [-0.1, -0.05) is 37.6 Å². The van der Waals surface area contributed by atoms with Gasteiger partial charge in [0.15, 0.2) is 0 Å². The minimum Gasteiger partial charge on any atom is -0.488 e. The summed E-state index contributed by atoms with van der Waals surface area (Å²) in [7, 11) is 1.78. The Morgan fingerprint density at radius 2 is 2.05 bits per heavy atom. The first kappa shape index (κ1) is 16.6. The van der Waals surface area contributed by atoms with E-state index in [2.05, 4.69) is 25.2 Å². The third-order valence-corrected chi connectivity index (χ3v) is 4.24. The first-order valence-electron chi connectivity index (χ1n) is 7.80. The van der Waals surface area contributed by atoms with E-state index >= 15 is 0 Å². The van der Waals surface area contributed by atoms with Crippen LogP contribution in [0.15, 0.2) is 18.2 Å². The molecule has 0 amide bonds. The summed E-state index contributed by atoms with van der Waals surface area (Å²) >= 11 is 6.35. The summed E-state index contributed by atoms with van der Waals surface area (Å²) in [5, 5.41) is 4.12. The number of hydrogen-bond donors (Lipinski definition) is 1. The van der Waals surface area contributed by atoms with Crippen molar-refractivity contribution in [1.29, 1.82) is 0 Å². The SMILES string of the molecule is COC1CCCC(Oc2c(Cl)cccc2CNC(C)C)C1. The molecule has 2 atom stereocenters. The topological polar surface area (TPSA) is 30.5 Å². The minimum absolute atomic E-state index is 0.196. The second-order valence-corrected chi connectivity index (χ2v) is 6.44. The second-order valence-electron chi connectivity index (χ2n) is 6.03. The number of hydrogen-bond acceptors (Lipinski definition) is 3. The van der Waals surface area contributed by atoms with Gasteiger partial charge >= 0.3 is 0 Å². The fraction of sp³-hybridized carbons (Fsp3) is 0.647. The van der Waals surface area contributed by atoms with Gasteiger partial charge in [0.1, 0.15) is 11.9 Å². The lowest BCUT2D eigenvalue weighted by molar-refractivity contribution is 0.0206. The van der Waals surface area contributed by atoms with Crippen molar-refractivity contribution in [3.63, 3.8) is 0 Å². The van der Waals surface area contributed by atoms with Crippen LogP contribution in [0.5, 0.6) is 5.75 Å². The molecule has 0 aromatic heterocycles. The maximum Gasteiger partial charge on any atom is 0.142 e. The Bertz CT molecular complexity index is 450. The molecular weight excluding hydrogens is 286 g/mol. The average molecular weight is 312 g/mol. The Kier molecular flexibility index (Phi) is 6.34. The fourth-order valence-corrected chi connectivity index (χ4v) is 2.97. The number of ether oxygens (including phenoxy) is 2. The molecule has 118 valence electrons. The number of rotatable bonds is 6. The van der Waals surface area contributed by atoms with E-state index in [1.54, 1.807) is 7.11 Å². The summed E-state index contributed by atoms with van der Waals surface area (Å²) in [6.45, 7) is 5.04. The van der Waals surface area contributed by atoms with Crippen LogP contribution in [0.2, 0.25) is 5.02 Å². The minimum atomic E-state index is 0.196. The maximum atomic E-state index is 6.35. The molecule has 1 aromatic carbocycles. The summed E-state index contributed by atoms with van der Waals surface area (Å²) in [6, 6.07) is 6.38. The molecule has 0 radical (unpaired) electrons. The number of para-hydroxylation sites is 1. The molecule has 1 N–H and O–H groups in total. The van der Waals surface area contributed by atoms with Crippen LogP contribution in [0.25, 0.3) is 0 Å². The van der Waals surface area contributed by atoms with Gasteiger partial charge in [0.25, 0.3) is 0 Å². The van der Waals surface area contributed by atoms with Gasteiger partial charge in [-0.3, -0.25) is 0 Å². The highest BCUT2D eigenvalue weighted by molar-refractivity contribution is 6.32. The largest absolute Gasteiger partial charge is 0.488 e. The van der Waals surface area contributed by atoms with Crippen molar-refractivity contribution in [3.05, 3.63) is 28.8 Å². The smallest absolute Gasteiger partial charge is 0.142 e. The Labute approximate surface area is 133 Å². The highest BCUT2D eigenvalue weighted by Crippen LogP contribution is 2.33. The molecule has 2 rings (SSSR count). The number of halogens is 1. The van der Waals surface area contributed by atoms with Gasteiger partial charge in [-0.15, -0.1) is 0 Å². The molecule has 1 fully saturated rings. The summed E-state index contributed by atoms with van der Waals surface area (Å²) in [4.78, 5) is 0. The monoisotopic (exact) mass is 311 g/mol.